The largest absolute Gasteiger partial charge is 0.493 e. The fraction of sp³-hybridized carbons (Fsp3) is 0.588. The molecule has 1 saturated heterocycles. The predicted molar refractivity (Wildman–Crippen MR) is 87.6 cm³/mol. The van der Waals surface area contributed by atoms with Gasteiger partial charge in [-0.25, -0.2) is 0 Å². The zero-order chi connectivity index (χ0) is 17.0. The number of hydrogen-bond donors (Lipinski definition) is 2. The minimum absolute atomic E-state index is 0.0512. The van der Waals surface area contributed by atoms with Crippen LogP contribution < -0.4 is 14.8 Å². The number of benzene rings is 1. The van der Waals surface area contributed by atoms with E-state index in [4.69, 9.17) is 9.47 Å². The maximum Gasteiger partial charge on any atom is 0.234 e. The number of carbonyl (C=O) groups is 1. The van der Waals surface area contributed by atoms with E-state index in [9.17, 15) is 9.90 Å². The minimum atomic E-state index is -0.719. The van der Waals surface area contributed by atoms with Gasteiger partial charge in [0.05, 0.1) is 26.4 Å². The first-order valence-electron chi connectivity index (χ1n) is 7.78. The summed E-state index contributed by atoms with van der Waals surface area (Å²) >= 11 is 0. The van der Waals surface area contributed by atoms with Gasteiger partial charge in [0.25, 0.3) is 0 Å². The third-order valence-electron chi connectivity index (χ3n) is 4.44. The Morgan fingerprint density at radius 1 is 1.39 bits per heavy atom. The Hall–Kier alpha value is -1.79. The Balaban J connectivity index is 1.85. The number of β-amino-alcohol motifs (C(OH)–C–C–N with tert-alkyl or cyclic N) is 1. The van der Waals surface area contributed by atoms with E-state index in [0.717, 1.165) is 12.1 Å². The second-order valence-corrected chi connectivity index (χ2v) is 6.39. The van der Waals surface area contributed by atoms with E-state index in [-0.39, 0.29) is 11.8 Å². The molecular formula is C17H26N2O4. The number of amides is 1. The molecule has 1 aromatic carbocycles. The molecule has 1 aliphatic heterocycles. The molecule has 1 fully saturated rings. The molecule has 2 N–H and O–H groups in total. The van der Waals surface area contributed by atoms with Crippen LogP contribution in [0.3, 0.4) is 0 Å². The first-order valence-corrected chi connectivity index (χ1v) is 7.78. The normalized spacial score (nSPS) is 24.5. The number of rotatable bonds is 6. The number of nitrogens with one attached hydrogen (secondary N) is 1. The molecule has 1 amide bonds. The average molecular weight is 322 g/mol. The van der Waals surface area contributed by atoms with Crippen LogP contribution in [0.5, 0.6) is 11.5 Å². The van der Waals surface area contributed by atoms with E-state index in [2.05, 4.69) is 5.32 Å². The van der Waals surface area contributed by atoms with Crippen LogP contribution in [-0.2, 0) is 11.3 Å². The van der Waals surface area contributed by atoms with E-state index >= 15 is 0 Å². The van der Waals surface area contributed by atoms with Crippen molar-refractivity contribution in [3.63, 3.8) is 0 Å². The van der Waals surface area contributed by atoms with Gasteiger partial charge >= 0.3 is 0 Å². The minimum Gasteiger partial charge on any atom is -0.493 e. The summed E-state index contributed by atoms with van der Waals surface area (Å²) in [6.07, 6.45) is 0. The van der Waals surface area contributed by atoms with Crippen LogP contribution >= 0.6 is 0 Å². The van der Waals surface area contributed by atoms with E-state index in [1.807, 2.05) is 36.9 Å². The van der Waals surface area contributed by atoms with Gasteiger partial charge in [0.2, 0.25) is 5.91 Å². The third-order valence-corrected chi connectivity index (χ3v) is 4.44. The van der Waals surface area contributed by atoms with Gasteiger partial charge in [-0.2, -0.15) is 0 Å². The van der Waals surface area contributed by atoms with Crippen LogP contribution in [0.2, 0.25) is 0 Å². The Labute approximate surface area is 137 Å². The highest BCUT2D eigenvalue weighted by Crippen LogP contribution is 2.28. The van der Waals surface area contributed by atoms with Crippen LogP contribution in [0.15, 0.2) is 18.2 Å². The van der Waals surface area contributed by atoms with Crippen molar-refractivity contribution in [2.75, 3.05) is 33.9 Å². The second kappa shape index (κ2) is 7.19. The summed E-state index contributed by atoms with van der Waals surface area (Å²) in [4.78, 5) is 14.1. The summed E-state index contributed by atoms with van der Waals surface area (Å²) in [5.74, 6) is 1.42. The quantitative estimate of drug-likeness (QED) is 0.818. The molecule has 0 aliphatic carbocycles. The lowest BCUT2D eigenvalue weighted by Crippen LogP contribution is -2.38. The lowest BCUT2D eigenvalue weighted by molar-refractivity contribution is -0.122. The van der Waals surface area contributed by atoms with Crippen LogP contribution in [0.1, 0.15) is 19.4 Å². The molecule has 0 radical (unpaired) electrons. The number of aliphatic hydroxyl groups is 1. The Morgan fingerprint density at radius 2 is 2.09 bits per heavy atom. The molecule has 1 aliphatic rings. The van der Waals surface area contributed by atoms with Gasteiger partial charge in [-0.1, -0.05) is 13.0 Å². The first-order chi connectivity index (χ1) is 10.9. The highest BCUT2D eigenvalue weighted by Gasteiger charge is 2.38. The summed E-state index contributed by atoms with van der Waals surface area (Å²) in [6, 6.07) is 5.56. The molecule has 1 heterocycles. The Morgan fingerprint density at radius 3 is 2.65 bits per heavy atom. The van der Waals surface area contributed by atoms with Crippen molar-refractivity contribution in [2.24, 2.45) is 5.92 Å². The molecule has 2 atom stereocenters. The van der Waals surface area contributed by atoms with Crippen molar-refractivity contribution in [2.45, 2.75) is 26.0 Å². The molecule has 0 unspecified atom stereocenters. The lowest BCUT2D eigenvalue weighted by atomic mass is 9.95. The smallest absolute Gasteiger partial charge is 0.234 e. The Kier molecular flexibility index (Phi) is 5.49. The zero-order valence-corrected chi connectivity index (χ0v) is 14.3. The molecule has 2 rings (SSSR count). The number of methoxy groups -OCH3 is 2. The Bertz CT molecular complexity index is 560. The van der Waals surface area contributed by atoms with Gasteiger partial charge in [-0.15, -0.1) is 0 Å². The molecule has 0 bridgehead atoms. The molecule has 23 heavy (non-hydrogen) atoms. The van der Waals surface area contributed by atoms with Gasteiger partial charge < -0.3 is 19.9 Å². The molecule has 6 heteroatoms. The van der Waals surface area contributed by atoms with Crippen molar-refractivity contribution in [1.82, 2.24) is 10.2 Å². The van der Waals surface area contributed by atoms with Crippen molar-refractivity contribution in [1.29, 1.82) is 0 Å². The summed E-state index contributed by atoms with van der Waals surface area (Å²) in [6.45, 7) is 5.81. The molecule has 6 nitrogen and oxygen atoms in total. The maximum absolute atomic E-state index is 12.1. The van der Waals surface area contributed by atoms with Crippen LogP contribution in [0.4, 0.5) is 0 Å². The van der Waals surface area contributed by atoms with Crippen molar-refractivity contribution >= 4 is 5.91 Å². The first kappa shape index (κ1) is 17.6. The number of carbonyl (C=O) groups excluding carboxylic acids is 1. The van der Waals surface area contributed by atoms with Gasteiger partial charge in [-0.05, 0) is 30.5 Å². The molecule has 128 valence electrons. The monoisotopic (exact) mass is 322 g/mol. The van der Waals surface area contributed by atoms with E-state index in [1.165, 1.54) is 0 Å². The second-order valence-electron chi connectivity index (χ2n) is 6.39. The molecule has 0 spiro atoms. The fourth-order valence-electron chi connectivity index (χ4n) is 2.83. The van der Waals surface area contributed by atoms with Crippen LogP contribution in [0.25, 0.3) is 0 Å². The van der Waals surface area contributed by atoms with E-state index < -0.39 is 5.60 Å². The van der Waals surface area contributed by atoms with Gasteiger partial charge in [0.15, 0.2) is 11.5 Å². The van der Waals surface area contributed by atoms with Crippen molar-refractivity contribution in [3.8, 4) is 11.5 Å². The number of nitrogens with zero attached hydrogens (tertiary/aromatic N) is 1. The summed E-state index contributed by atoms with van der Waals surface area (Å²) in [5.41, 5.74) is 0.224. The van der Waals surface area contributed by atoms with E-state index in [0.29, 0.717) is 31.1 Å². The third kappa shape index (κ3) is 4.36. The summed E-state index contributed by atoms with van der Waals surface area (Å²) < 4.78 is 10.4. The topological polar surface area (TPSA) is 71.0 Å². The zero-order valence-electron chi connectivity index (χ0n) is 14.3. The highest BCUT2D eigenvalue weighted by atomic mass is 16.5. The van der Waals surface area contributed by atoms with Crippen molar-refractivity contribution < 1.29 is 19.4 Å². The molecule has 0 aromatic heterocycles. The summed E-state index contributed by atoms with van der Waals surface area (Å²) in [5, 5.41) is 13.1. The number of likely N-dealkylation sites (tertiary alicyclic amines) is 1. The van der Waals surface area contributed by atoms with Gasteiger partial charge in [0, 0.05) is 19.6 Å². The fourth-order valence-corrected chi connectivity index (χ4v) is 2.83. The average Bonchev–Trinajstić information content (AvgIpc) is 2.77. The lowest BCUT2D eigenvalue weighted by Gasteiger charge is -2.20. The highest BCUT2D eigenvalue weighted by molar-refractivity contribution is 5.78. The van der Waals surface area contributed by atoms with Gasteiger partial charge in [-0.3, -0.25) is 9.69 Å². The molecular weight excluding hydrogens is 296 g/mol. The SMILES string of the molecule is COc1ccc(CNC(=O)CN2C[C@@H](C)[C@@](C)(O)C2)cc1OC. The van der Waals surface area contributed by atoms with Crippen LogP contribution in [-0.4, -0.2) is 55.4 Å². The number of ether oxygens (including phenoxy) is 2. The standard InChI is InChI=1S/C17H26N2O4/c1-12-9-19(11-17(12,2)21)10-16(20)18-8-13-5-6-14(22-3)15(7-13)23-4/h5-7,12,21H,8-11H2,1-4H3,(H,18,20)/t12-,17+/m1/s1. The van der Waals surface area contributed by atoms with Crippen molar-refractivity contribution in [3.05, 3.63) is 23.8 Å². The van der Waals surface area contributed by atoms with Crippen LogP contribution in [0, 0.1) is 5.92 Å². The molecule has 0 saturated carbocycles. The van der Waals surface area contributed by atoms with Gasteiger partial charge in [0.1, 0.15) is 0 Å². The molecule has 1 aromatic rings. The summed E-state index contributed by atoms with van der Waals surface area (Å²) in [7, 11) is 3.17. The van der Waals surface area contributed by atoms with E-state index in [1.54, 1.807) is 14.2 Å². The number of hydrogen-bond acceptors (Lipinski definition) is 5. The predicted octanol–water partition coefficient (Wildman–Crippen LogP) is 1.02. The maximum atomic E-state index is 12.1.